The van der Waals surface area contributed by atoms with Crippen LogP contribution in [0.3, 0.4) is 0 Å². The zero-order chi connectivity index (χ0) is 19.5. The maximum Gasteiger partial charge on any atom is 0.257 e. The molecule has 28 heavy (non-hydrogen) atoms. The monoisotopic (exact) mass is 377 g/mol. The SMILES string of the molecule is Cc1nn2cccnc2c1C(=O)NCc1cccnc1Oc1cccc(F)c1. The quantitative estimate of drug-likeness (QED) is 0.577. The molecule has 4 aromatic rings. The number of nitrogens with zero attached hydrogens (tertiary/aromatic N) is 4. The van der Waals surface area contributed by atoms with E-state index in [2.05, 4.69) is 20.4 Å². The number of amides is 1. The van der Waals surface area contributed by atoms with E-state index >= 15 is 0 Å². The van der Waals surface area contributed by atoms with Crippen molar-refractivity contribution in [2.45, 2.75) is 13.5 Å². The summed E-state index contributed by atoms with van der Waals surface area (Å²) in [5.41, 5.74) is 2.14. The van der Waals surface area contributed by atoms with Gasteiger partial charge in [0.2, 0.25) is 5.88 Å². The lowest BCUT2D eigenvalue weighted by Gasteiger charge is -2.11. The maximum absolute atomic E-state index is 13.4. The Morgan fingerprint density at radius 2 is 2.04 bits per heavy atom. The summed E-state index contributed by atoms with van der Waals surface area (Å²) in [6.45, 7) is 1.94. The third-order valence-corrected chi connectivity index (χ3v) is 4.10. The van der Waals surface area contributed by atoms with Crippen LogP contribution in [0, 0.1) is 12.7 Å². The van der Waals surface area contributed by atoms with Gasteiger partial charge in [-0.15, -0.1) is 0 Å². The molecule has 0 saturated heterocycles. The molecule has 8 heteroatoms. The van der Waals surface area contributed by atoms with Gasteiger partial charge in [0.1, 0.15) is 17.1 Å². The largest absolute Gasteiger partial charge is 0.439 e. The lowest BCUT2D eigenvalue weighted by atomic mass is 10.2. The summed E-state index contributed by atoms with van der Waals surface area (Å²) in [7, 11) is 0. The topological polar surface area (TPSA) is 81.4 Å². The van der Waals surface area contributed by atoms with E-state index in [0.717, 1.165) is 0 Å². The second-order valence-corrected chi connectivity index (χ2v) is 6.06. The van der Waals surface area contributed by atoms with Gasteiger partial charge in [-0.2, -0.15) is 5.10 Å². The second kappa shape index (κ2) is 7.43. The molecule has 0 fully saturated rings. The van der Waals surface area contributed by atoms with Crippen molar-refractivity contribution < 1.29 is 13.9 Å². The number of benzene rings is 1. The van der Waals surface area contributed by atoms with E-state index in [-0.39, 0.29) is 12.5 Å². The zero-order valence-electron chi connectivity index (χ0n) is 15.0. The standard InChI is InChI=1S/C20H16FN5O2/c1-13-17(18-22-9-4-10-26(18)25-13)19(27)24-12-14-5-3-8-23-20(14)28-16-7-2-6-15(21)11-16/h2-11H,12H2,1H3,(H,24,27). The molecule has 0 aliphatic rings. The highest BCUT2D eigenvalue weighted by Gasteiger charge is 2.18. The molecule has 4 rings (SSSR count). The number of carbonyl (C=O) groups is 1. The Labute approximate surface area is 159 Å². The normalized spacial score (nSPS) is 10.8. The number of ether oxygens (including phenoxy) is 1. The summed E-state index contributed by atoms with van der Waals surface area (Å²) >= 11 is 0. The molecule has 0 spiro atoms. The van der Waals surface area contributed by atoms with Gasteiger partial charge >= 0.3 is 0 Å². The Kier molecular flexibility index (Phi) is 4.67. The van der Waals surface area contributed by atoms with E-state index in [9.17, 15) is 9.18 Å². The molecular formula is C20H16FN5O2. The number of nitrogens with one attached hydrogen (secondary N) is 1. The summed E-state index contributed by atoms with van der Waals surface area (Å²) in [6.07, 6.45) is 4.91. The fourth-order valence-corrected chi connectivity index (χ4v) is 2.82. The Hall–Kier alpha value is -3.81. The minimum Gasteiger partial charge on any atom is -0.439 e. The first kappa shape index (κ1) is 17.6. The Bertz CT molecular complexity index is 1160. The van der Waals surface area contributed by atoms with Crippen molar-refractivity contribution in [2.75, 3.05) is 0 Å². The van der Waals surface area contributed by atoms with Gasteiger partial charge in [-0.1, -0.05) is 12.1 Å². The Morgan fingerprint density at radius 3 is 2.89 bits per heavy atom. The maximum atomic E-state index is 13.4. The third kappa shape index (κ3) is 3.52. The molecule has 0 atom stereocenters. The molecule has 0 aliphatic heterocycles. The van der Waals surface area contributed by atoms with E-state index in [1.165, 1.54) is 12.1 Å². The highest BCUT2D eigenvalue weighted by molar-refractivity contribution is 6.00. The predicted molar refractivity (Wildman–Crippen MR) is 99.6 cm³/mol. The van der Waals surface area contributed by atoms with Gasteiger partial charge in [0.25, 0.3) is 5.91 Å². The summed E-state index contributed by atoms with van der Waals surface area (Å²) in [6, 6.07) is 11.0. The van der Waals surface area contributed by atoms with Gasteiger partial charge in [0.05, 0.1) is 5.69 Å². The number of hydrogen-bond donors (Lipinski definition) is 1. The second-order valence-electron chi connectivity index (χ2n) is 6.06. The number of hydrogen-bond acceptors (Lipinski definition) is 5. The van der Waals surface area contributed by atoms with Crippen molar-refractivity contribution >= 4 is 11.6 Å². The van der Waals surface area contributed by atoms with E-state index in [1.54, 1.807) is 60.4 Å². The molecule has 140 valence electrons. The molecule has 1 N–H and O–H groups in total. The van der Waals surface area contributed by atoms with Crippen molar-refractivity contribution in [2.24, 2.45) is 0 Å². The first-order valence-electron chi connectivity index (χ1n) is 8.57. The fraction of sp³-hybridized carbons (Fsp3) is 0.100. The van der Waals surface area contributed by atoms with Crippen LogP contribution in [-0.2, 0) is 6.54 Å². The Morgan fingerprint density at radius 1 is 1.18 bits per heavy atom. The van der Waals surface area contributed by atoms with Crippen molar-refractivity contribution in [1.29, 1.82) is 0 Å². The summed E-state index contributed by atoms with van der Waals surface area (Å²) in [5.74, 6) is -0.0804. The predicted octanol–water partition coefficient (Wildman–Crippen LogP) is 3.29. The van der Waals surface area contributed by atoms with Gasteiger partial charge in [-0.3, -0.25) is 4.79 Å². The average molecular weight is 377 g/mol. The van der Waals surface area contributed by atoms with Crippen LogP contribution in [0.2, 0.25) is 0 Å². The van der Waals surface area contributed by atoms with Gasteiger partial charge in [-0.25, -0.2) is 18.9 Å². The molecule has 3 aromatic heterocycles. The highest BCUT2D eigenvalue weighted by Crippen LogP contribution is 2.23. The lowest BCUT2D eigenvalue weighted by Crippen LogP contribution is -2.24. The van der Waals surface area contributed by atoms with Crippen molar-refractivity contribution in [3.8, 4) is 11.6 Å². The number of halogens is 1. The lowest BCUT2D eigenvalue weighted by molar-refractivity contribution is 0.0951. The van der Waals surface area contributed by atoms with Gasteiger partial charge in [0.15, 0.2) is 5.65 Å². The van der Waals surface area contributed by atoms with Crippen LogP contribution in [0.1, 0.15) is 21.6 Å². The highest BCUT2D eigenvalue weighted by atomic mass is 19.1. The number of rotatable bonds is 5. The van der Waals surface area contributed by atoms with Gasteiger partial charge in [0, 0.05) is 36.8 Å². The van der Waals surface area contributed by atoms with E-state index < -0.39 is 5.82 Å². The van der Waals surface area contributed by atoms with Gasteiger partial charge < -0.3 is 10.1 Å². The molecular weight excluding hydrogens is 361 g/mol. The number of aromatic nitrogens is 4. The first-order valence-corrected chi connectivity index (χ1v) is 8.57. The molecule has 0 aliphatic carbocycles. The molecule has 0 bridgehead atoms. The van der Waals surface area contributed by atoms with Crippen LogP contribution in [0.25, 0.3) is 5.65 Å². The third-order valence-electron chi connectivity index (χ3n) is 4.10. The van der Waals surface area contributed by atoms with Gasteiger partial charge in [-0.05, 0) is 31.2 Å². The number of fused-ring (bicyclic) bond motifs is 1. The Balaban J connectivity index is 1.53. The van der Waals surface area contributed by atoms with E-state index in [1.807, 2.05) is 0 Å². The summed E-state index contributed by atoms with van der Waals surface area (Å²) in [5, 5.41) is 7.14. The first-order chi connectivity index (χ1) is 13.6. The fourth-order valence-electron chi connectivity index (χ4n) is 2.82. The van der Waals surface area contributed by atoms with Crippen LogP contribution >= 0.6 is 0 Å². The minimum atomic E-state index is -0.403. The van der Waals surface area contributed by atoms with Crippen molar-refractivity contribution in [1.82, 2.24) is 24.9 Å². The molecule has 1 aromatic carbocycles. The van der Waals surface area contributed by atoms with Crippen LogP contribution in [0.5, 0.6) is 11.6 Å². The van der Waals surface area contributed by atoms with Crippen molar-refractivity contribution in [3.63, 3.8) is 0 Å². The zero-order valence-corrected chi connectivity index (χ0v) is 15.0. The molecule has 1 amide bonds. The van der Waals surface area contributed by atoms with Crippen LogP contribution < -0.4 is 10.1 Å². The molecule has 7 nitrogen and oxygen atoms in total. The van der Waals surface area contributed by atoms with Crippen LogP contribution in [0.15, 0.2) is 61.1 Å². The number of carbonyl (C=O) groups excluding carboxylic acids is 1. The van der Waals surface area contributed by atoms with Crippen molar-refractivity contribution in [3.05, 3.63) is 83.7 Å². The molecule has 0 unspecified atom stereocenters. The molecule has 0 saturated carbocycles. The van der Waals surface area contributed by atoms with Crippen LogP contribution in [0.4, 0.5) is 4.39 Å². The molecule has 0 radical (unpaired) electrons. The van der Waals surface area contributed by atoms with E-state index in [4.69, 9.17) is 4.74 Å². The molecule has 3 heterocycles. The smallest absolute Gasteiger partial charge is 0.257 e. The average Bonchev–Trinajstić information content (AvgIpc) is 3.03. The minimum absolute atomic E-state index is 0.181. The number of pyridine rings is 1. The summed E-state index contributed by atoms with van der Waals surface area (Å²) in [4.78, 5) is 21.1. The number of aryl methyl sites for hydroxylation is 1. The van der Waals surface area contributed by atoms with Crippen LogP contribution in [-0.4, -0.2) is 25.5 Å². The van der Waals surface area contributed by atoms with E-state index in [0.29, 0.717) is 34.1 Å². The summed E-state index contributed by atoms with van der Waals surface area (Å²) < 4.78 is 20.6.